The van der Waals surface area contributed by atoms with Crippen LogP contribution in [0.5, 0.6) is 0 Å². The largest absolute Gasteiger partial charge is 0.479 e. The fourth-order valence-electron chi connectivity index (χ4n) is 0.473. The zero-order chi connectivity index (χ0) is 10.3. The van der Waals surface area contributed by atoms with Crippen LogP contribution in [0.15, 0.2) is 0 Å². The van der Waals surface area contributed by atoms with E-state index in [0.717, 1.165) is 5.06 Å². The zero-order valence-electron chi connectivity index (χ0n) is 7.90. The Balaban J connectivity index is 3.63. The van der Waals surface area contributed by atoms with Gasteiger partial charge in [0.2, 0.25) is 4.38 Å². The van der Waals surface area contributed by atoms with Gasteiger partial charge in [-0.2, -0.15) is 0 Å². The lowest BCUT2D eigenvalue weighted by molar-refractivity contribution is -0.165. The van der Waals surface area contributed by atoms with Gasteiger partial charge >= 0.3 is 0 Å². The first-order chi connectivity index (χ1) is 6.11. The number of hydrogen-bond donors (Lipinski definition) is 0. The Bertz CT molecular complexity index is 187. The molecule has 0 saturated heterocycles. The fourth-order valence-corrected chi connectivity index (χ4v) is 1.39. The van der Waals surface area contributed by atoms with Gasteiger partial charge in [0, 0.05) is 7.05 Å². The van der Waals surface area contributed by atoms with E-state index in [4.69, 9.17) is 21.8 Å². The third-order valence-electron chi connectivity index (χ3n) is 1.20. The Labute approximate surface area is 87.5 Å². The number of thiocarbonyl (C=S) groups is 1. The Morgan fingerprint density at radius 3 is 2.69 bits per heavy atom. The topological polar surface area (TPSA) is 38.8 Å². The predicted octanol–water partition coefficient (Wildman–Crippen LogP) is 1.06. The van der Waals surface area contributed by atoms with Crippen molar-refractivity contribution in [3.05, 3.63) is 0 Å². The van der Waals surface area contributed by atoms with Crippen LogP contribution in [-0.4, -0.2) is 41.9 Å². The molecule has 0 N–H and O–H groups in total. The van der Waals surface area contributed by atoms with Crippen LogP contribution in [0, 0.1) is 0 Å². The summed E-state index contributed by atoms with van der Waals surface area (Å²) in [6, 6.07) is 0. The molecule has 0 fully saturated rings. The van der Waals surface area contributed by atoms with E-state index in [2.05, 4.69) is 0 Å². The second-order valence-electron chi connectivity index (χ2n) is 2.05. The van der Waals surface area contributed by atoms with Crippen molar-refractivity contribution in [1.29, 1.82) is 0 Å². The van der Waals surface area contributed by atoms with Crippen LogP contribution >= 0.6 is 24.0 Å². The average Bonchev–Trinajstić information content (AvgIpc) is 2.13. The molecule has 0 bridgehead atoms. The molecule has 0 rings (SSSR count). The Kier molecular flexibility index (Phi) is 6.93. The summed E-state index contributed by atoms with van der Waals surface area (Å²) in [7, 11) is 2.98. The monoisotopic (exact) mass is 223 g/mol. The quantitative estimate of drug-likeness (QED) is 0.526. The number of nitrogens with zero attached hydrogens (tertiary/aromatic N) is 1. The van der Waals surface area contributed by atoms with Crippen molar-refractivity contribution in [1.82, 2.24) is 5.06 Å². The predicted molar refractivity (Wildman–Crippen MR) is 56.5 cm³/mol. The third-order valence-corrected chi connectivity index (χ3v) is 2.42. The molecule has 0 aromatic carbocycles. The highest BCUT2D eigenvalue weighted by molar-refractivity contribution is 8.23. The molecule has 4 nitrogen and oxygen atoms in total. The van der Waals surface area contributed by atoms with Gasteiger partial charge in [0.25, 0.3) is 5.91 Å². The van der Waals surface area contributed by atoms with Crippen LogP contribution in [0.25, 0.3) is 0 Å². The molecule has 13 heavy (non-hydrogen) atoms. The van der Waals surface area contributed by atoms with Crippen molar-refractivity contribution in [3.63, 3.8) is 0 Å². The number of amides is 1. The molecule has 1 amide bonds. The first-order valence-corrected chi connectivity index (χ1v) is 5.11. The van der Waals surface area contributed by atoms with Crippen molar-refractivity contribution in [2.45, 2.75) is 6.92 Å². The lowest BCUT2D eigenvalue weighted by Crippen LogP contribution is -2.27. The molecule has 0 aromatic rings. The maximum atomic E-state index is 11.1. The summed E-state index contributed by atoms with van der Waals surface area (Å²) in [5.41, 5.74) is 0. The first kappa shape index (κ1) is 12.7. The van der Waals surface area contributed by atoms with Crippen LogP contribution < -0.4 is 0 Å². The molecule has 0 radical (unpaired) electrons. The normalized spacial score (nSPS) is 9.46. The van der Waals surface area contributed by atoms with Crippen LogP contribution in [0.3, 0.4) is 0 Å². The van der Waals surface area contributed by atoms with Crippen LogP contribution in [0.4, 0.5) is 0 Å². The molecule has 0 aliphatic heterocycles. The molecule has 6 heteroatoms. The smallest absolute Gasteiger partial charge is 0.256 e. The zero-order valence-corrected chi connectivity index (χ0v) is 9.54. The Morgan fingerprint density at radius 1 is 1.62 bits per heavy atom. The maximum Gasteiger partial charge on any atom is 0.256 e. The second kappa shape index (κ2) is 7.11. The molecule has 0 saturated carbocycles. The van der Waals surface area contributed by atoms with Crippen LogP contribution in [0.2, 0.25) is 0 Å². The SMILES string of the molecule is CCOC(=S)SCC(=O)N(C)OC. The fraction of sp³-hybridized carbons (Fsp3) is 0.714. The van der Waals surface area contributed by atoms with Gasteiger partial charge in [-0.3, -0.25) is 9.63 Å². The van der Waals surface area contributed by atoms with E-state index in [1.54, 1.807) is 7.05 Å². The number of rotatable bonds is 4. The lowest BCUT2D eigenvalue weighted by atomic mass is 10.7. The minimum Gasteiger partial charge on any atom is -0.479 e. The van der Waals surface area contributed by atoms with E-state index in [0.29, 0.717) is 11.0 Å². The highest BCUT2D eigenvalue weighted by atomic mass is 32.2. The van der Waals surface area contributed by atoms with E-state index in [-0.39, 0.29) is 11.7 Å². The number of carbonyl (C=O) groups is 1. The molecule has 76 valence electrons. The van der Waals surface area contributed by atoms with Gasteiger partial charge in [-0.15, -0.1) is 0 Å². The van der Waals surface area contributed by atoms with Gasteiger partial charge in [0.1, 0.15) is 0 Å². The van der Waals surface area contributed by atoms with Crippen molar-refractivity contribution in [2.24, 2.45) is 0 Å². The third kappa shape index (κ3) is 5.84. The van der Waals surface area contributed by atoms with Crippen molar-refractivity contribution < 1.29 is 14.4 Å². The molecule has 0 aromatic heterocycles. The number of hydroxylamine groups is 2. The summed E-state index contributed by atoms with van der Waals surface area (Å²) in [5, 5.41) is 1.15. The molecular weight excluding hydrogens is 210 g/mol. The van der Waals surface area contributed by atoms with Crippen LogP contribution in [-0.2, 0) is 14.4 Å². The highest BCUT2D eigenvalue weighted by Gasteiger charge is 2.09. The van der Waals surface area contributed by atoms with E-state index in [1.165, 1.54) is 18.9 Å². The second-order valence-corrected chi connectivity index (χ2v) is 3.62. The molecule has 0 aliphatic carbocycles. The Morgan fingerprint density at radius 2 is 2.23 bits per heavy atom. The van der Waals surface area contributed by atoms with E-state index in [1.807, 2.05) is 6.92 Å². The average molecular weight is 223 g/mol. The molecule has 0 atom stereocenters. The lowest BCUT2D eigenvalue weighted by Gasteiger charge is -2.12. The molecule has 0 aliphatic rings. The molecule has 0 spiro atoms. The number of carbonyl (C=O) groups excluding carboxylic acids is 1. The highest BCUT2D eigenvalue weighted by Crippen LogP contribution is 2.06. The van der Waals surface area contributed by atoms with Crippen LogP contribution in [0.1, 0.15) is 6.92 Å². The van der Waals surface area contributed by atoms with Crippen molar-refractivity contribution in [3.8, 4) is 0 Å². The first-order valence-electron chi connectivity index (χ1n) is 3.72. The van der Waals surface area contributed by atoms with Gasteiger partial charge < -0.3 is 4.74 Å². The summed E-state index contributed by atoms with van der Waals surface area (Å²) < 4.78 is 5.38. The summed E-state index contributed by atoms with van der Waals surface area (Å²) in [6.45, 7) is 2.37. The maximum absolute atomic E-state index is 11.1. The number of thioether (sulfide) groups is 1. The number of ether oxygens (including phenoxy) is 1. The minimum atomic E-state index is -0.144. The van der Waals surface area contributed by atoms with E-state index >= 15 is 0 Å². The van der Waals surface area contributed by atoms with Gasteiger partial charge in [0.05, 0.1) is 19.5 Å². The van der Waals surface area contributed by atoms with Crippen molar-refractivity contribution in [2.75, 3.05) is 26.5 Å². The standard InChI is InChI=1S/C7H13NO3S2/c1-4-11-7(12)13-5-6(9)8(2)10-3/h4-5H2,1-3H3. The molecular formula is C7H13NO3S2. The van der Waals surface area contributed by atoms with Gasteiger partial charge in [0.15, 0.2) is 0 Å². The van der Waals surface area contributed by atoms with E-state index < -0.39 is 0 Å². The Hall–Kier alpha value is -0.330. The molecule has 0 unspecified atom stereocenters. The van der Waals surface area contributed by atoms with Gasteiger partial charge in [-0.25, -0.2) is 5.06 Å². The summed E-state index contributed by atoms with van der Waals surface area (Å²) in [4.78, 5) is 15.8. The number of hydrogen-bond acceptors (Lipinski definition) is 5. The molecule has 0 heterocycles. The summed E-state index contributed by atoms with van der Waals surface area (Å²) in [6.07, 6.45) is 0. The minimum absolute atomic E-state index is 0.144. The van der Waals surface area contributed by atoms with Gasteiger partial charge in [-0.1, -0.05) is 11.8 Å². The summed E-state index contributed by atoms with van der Waals surface area (Å²) in [5.74, 6) is 0.0953. The van der Waals surface area contributed by atoms with Gasteiger partial charge in [-0.05, 0) is 19.1 Å². The van der Waals surface area contributed by atoms with E-state index in [9.17, 15) is 4.79 Å². The van der Waals surface area contributed by atoms with Crippen molar-refractivity contribution >= 4 is 34.3 Å². The summed E-state index contributed by atoms with van der Waals surface area (Å²) >= 11 is 6.01.